The third-order valence-electron chi connectivity index (χ3n) is 2.54. The van der Waals surface area contributed by atoms with Gasteiger partial charge in [-0.15, -0.1) is 0 Å². The number of nitrogens with one attached hydrogen (secondary N) is 2. The van der Waals surface area contributed by atoms with Gasteiger partial charge in [-0.3, -0.25) is 0 Å². The van der Waals surface area contributed by atoms with E-state index in [4.69, 9.17) is 4.42 Å². The second-order valence-electron chi connectivity index (χ2n) is 3.56. The summed E-state index contributed by atoms with van der Waals surface area (Å²) in [7, 11) is 0. The lowest BCUT2D eigenvalue weighted by atomic mass is 10.2. The van der Waals surface area contributed by atoms with Crippen molar-refractivity contribution in [2.45, 2.75) is 12.5 Å². The molecule has 0 bridgehead atoms. The van der Waals surface area contributed by atoms with Crippen LogP contribution in [0.3, 0.4) is 0 Å². The Kier molecular flexibility index (Phi) is 1.99. The van der Waals surface area contributed by atoms with Crippen LogP contribution in [0, 0.1) is 0 Å². The zero-order chi connectivity index (χ0) is 10.1. The lowest BCUT2D eigenvalue weighted by molar-refractivity contribution is 0.590. The molecule has 1 saturated heterocycles. The first-order valence-corrected chi connectivity index (χ1v) is 4.95. The van der Waals surface area contributed by atoms with Gasteiger partial charge >= 0.3 is 0 Å². The van der Waals surface area contributed by atoms with E-state index < -0.39 is 0 Å². The van der Waals surface area contributed by atoms with Crippen molar-refractivity contribution in [3.63, 3.8) is 0 Å². The van der Waals surface area contributed by atoms with Crippen molar-refractivity contribution in [1.82, 2.24) is 20.3 Å². The molecular formula is C9H11N5O. The van der Waals surface area contributed by atoms with Crippen LogP contribution in [-0.2, 0) is 0 Å². The highest BCUT2D eigenvalue weighted by Crippen LogP contribution is 2.18. The van der Waals surface area contributed by atoms with E-state index in [9.17, 15) is 0 Å². The van der Waals surface area contributed by atoms with E-state index in [1.54, 1.807) is 0 Å². The van der Waals surface area contributed by atoms with Crippen molar-refractivity contribution in [3.8, 4) is 0 Å². The molecule has 0 saturated carbocycles. The highest BCUT2D eigenvalue weighted by molar-refractivity contribution is 5.80. The minimum atomic E-state index is 0.416. The van der Waals surface area contributed by atoms with Gasteiger partial charge in [-0.2, -0.15) is 4.98 Å². The Morgan fingerprint density at radius 2 is 2.40 bits per heavy atom. The molecule has 0 spiro atoms. The Hall–Kier alpha value is -1.69. The summed E-state index contributed by atoms with van der Waals surface area (Å²) < 4.78 is 5.11. The molecule has 15 heavy (non-hydrogen) atoms. The van der Waals surface area contributed by atoms with Crippen molar-refractivity contribution < 1.29 is 4.42 Å². The highest BCUT2D eigenvalue weighted by atomic mass is 16.3. The van der Waals surface area contributed by atoms with Gasteiger partial charge in [0.25, 0.3) is 5.71 Å². The van der Waals surface area contributed by atoms with Gasteiger partial charge in [0.2, 0.25) is 0 Å². The molecule has 1 atom stereocenters. The van der Waals surface area contributed by atoms with Crippen molar-refractivity contribution >= 4 is 17.0 Å². The summed E-state index contributed by atoms with van der Waals surface area (Å²) in [6, 6.07) is 0.416. The second-order valence-corrected chi connectivity index (χ2v) is 3.56. The Morgan fingerprint density at radius 1 is 1.40 bits per heavy atom. The minimum absolute atomic E-state index is 0.416. The van der Waals surface area contributed by atoms with Gasteiger partial charge in [0.05, 0.1) is 0 Å². The molecular weight excluding hydrogens is 194 g/mol. The van der Waals surface area contributed by atoms with E-state index in [1.807, 2.05) is 0 Å². The third kappa shape index (κ3) is 1.52. The molecule has 1 aliphatic heterocycles. The zero-order valence-electron chi connectivity index (χ0n) is 8.10. The predicted molar refractivity (Wildman–Crippen MR) is 54.5 cm³/mol. The Labute approximate surface area is 86.1 Å². The summed E-state index contributed by atoms with van der Waals surface area (Å²) in [6.07, 6.45) is 3.97. The van der Waals surface area contributed by atoms with Crippen LogP contribution in [0.1, 0.15) is 6.42 Å². The first kappa shape index (κ1) is 8.60. The molecule has 6 nitrogen and oxygen atoms in total. The Bertz CT molecular complexity index is 462. The number of oxazole rings is 1. The van der Waals surface area contributed by atoms with E-state index in [1.165, 1.54) is 12.7 Å². The molecule has 1 aliphatic rings. The van der Waals surface area contributed by atoms with Crippen molar-refractivity contribution in [2.75, 3.05) is 18.4 Å². The van der Waals surface area contributed by atoms with Crippen molar-refractivity contribution in [3.05, 3.63) is 12.7 Å². The molecule has 0 aliphatic carbocycles. The fourth-order valence-electron chi connectivity index (χ4n) is 1.77. The van der Waals surface area contributed by atoms with Gasteiger partial charge in [0.15, 0.2) is 17.7 Å². The Balaban J connectivity index is 1.92. The third-order valence-corrected chi connectivity index (χ3v) is 2.54. The van der Waals surface area contributed by atoms with Gasteiger partial charge in [-0.1, -0.05) is 0 Å². The van der Waals surface area contributed by atoms with Crippen LogP contribution in [0.5, 0.6) is 0 Å². The van der Waals surface area contributed by atoms with Gasteiger partial charge < -0.3 is 15.1 Å². The van der Waals surface area contributed by atoms with E-state index in [2.05, 4.69) is 25.6 Å². The number of rotatable bonds is 2. The van der Waals surface area contributed by atoms with Gasteiger partial charge in [-0.25, -0.2) is 9.97 Å². The molecule has 6 heteroatoms. The first-order chi connectivity index (χ1) is 7.43. The number of hydrogen-bond acceptors (Lipinski definition) is 6. The van der Waals surface area contributed by atoms with Crippen LogP contribution >= 0.6 is 0 Å². The number of fused-ring (bicyclic) bond motifs is 1. The van der Waals surface area contributed by atoms with Gasteiger partial charge in [0.1, 0.15) is 6.33 Å². The van der Waals surface area contributed by atoms with Crippen LogP contribution in [0.25, 0.3) is 11.2 Å². The lowest BCUT2D eigenvalue weighted by Gasteiger charge is -2.10. The molecule has 0 radical (unpaired) electrons. The fourth-order valence-corrected chi connectivity index (χ4v) is 1.77. The summed E-state index contributed by atoms with van der Waals surface area (Å²) in [4.78, 5) is 12.2. The van der Waals surface area contributed by atoms with Crippen molar-refractivity contribution in [2.24, 2.45) is 0 Å². The normalized spacial score (nSPS) is 20.9. The topological polar surface area (TPSA) is 75.9 Å². The molecule has 2 aromatic rings. The summed E-state index contributed by atoms with van der Waals surface area (Å²) in [6.45, 7) is 2.01. The van der Waals surface area contributed by atoms with Crippen LogP contribution < -0.4 is 10.6 Å². The molecule has 0 aromatic carbocycles. The predicted octanol–water partition coefficient (Wildman–Crippen LogP) is 0.392. The maximum Gasteiger partial charge on any atom is 0.251 e. The molecule has 1 unspecified atom stereocenters. The zero-order valence-corrected chi connectivity index (χ0v) is 8.10. The van der Waals surface area contributed by atoms with E-state index in [0.717, 1.165) is 25.3 Å². The highest BCUT2D eigenvalue weighted by Gasteiger charge is 2.16. The maximum atomic E-state index is 5.11. The second kappa shape index (κ2) is 3.47. The summed E-state index contributed by atoms with van der Waals surface area (Å²) in [5.41, 5.74) is 1.22. The SMILES string of the molecule is c1nc(NC2CCNC2)c2ncoc2n1. The molecule has 1 fully saturated rings. The monoisotopic (exact) mass is 205 g/mol. The van der Waals surface area contributed by atoms with E-state index >= 15 is 0 Å². The minimum Gasteiger partial charge on any atom is -0.425 e. The van der Waals surface area contributed by atoms with Crippen LogP contribution in [0.15, 0.2) is 17.1 Å². The average molecular weight is 205 g/mol. The molecule has 2 aromatic heterocycles. The van der Waals surface area contributed by atoms with E-state index in [-0.39, 0.29) is 0 Å². The summed E-state index contributed by atoms with van der Waals surface area (Å²) in [5, 5.41) is 6.62. The summed E-state index contributed by atoms with van der Waals surface area (Å²) in [5.74, 6) is 0.752. The Morgan fingerprint density at radius 3 is 3.27 bits per heavy atom. The maximum absolute atomic E-state index is 5.11. The van der Waals surface area contributed by atoms with Crippen molar-refractivity contribution in [1.29, 1.82) is 0 Å². The summed E-state index contributed by atoms with van der Waals surface area (Å²) >= 11 is 0. The van der Waals surface area contributed by atoms with Crippen LogP contribution in [0.4, 0.5) is 5.82 Å². The largest absolute Gasteiger partial charge is 0.425 e. The molecule has 78 valence electrons. The number of nitrogens with zero attached hydrogens (tertiary/aromatic N) is 3. The smallest absolute Gasteiger partial charge is 0.251 e. The number of hydrogen-bond donors (Lipinski definition) is 2. The number of aromatic nitrogens is 3. The van der Waals surface area contributed by atoms with Crippen LogP contribution in [-0.4, -0.2) is 34.1 Å². The molecule has 2 N–H and O–H groups in total. The van der Waals surface area contributed by atoms with E-state index in [0.29, 0.717) is 17.3 Å². The molecule has 0 amide bonds. The van der Waals surface area contributed by atoms with Gasteiger partial charge in [-0.05, 0) is 13.0 Å². The first-order valence-electron chi connectivity index (χ1n) is 4.95. The lowest BCUT2D eigenvalue weighted by Crippen LogP contribution is -2.22. The average Bonchev–Trinajstić information content (AvgIpc) is 2.87. The molecule has 3 rings (SSSR count). The fraction of sp³-hybridized carbons (Fsp3) is 0.444. The van der Waals surface area contributed by atoms with Crippen LogP contribution in [0.2, 0.25) is 0 Å². The number of anilines is 1. The van der Waals surface area contributed by atoms with Gasteiger partial charge in [0, 0.05) is 12.6 Å². The quantitative estimate of drug-likeness (QED) is 0.738. The standard InChI is InChI=1S/C9H11N5O/c1-2-10-3-6(1)14-8-7-9(12-4-11-8)15-5-13-7/h4-6,10H,1-3H2,(H,11,12,14). The molecule has 3 heterocycles.